The van der Waals surface area contributed by atoms with Gasteiger partial charge in [0.2, 0.25) is 0 Å². The van der Waals surface area contributed by atoms with Gasteiger partial charge in [0.05, 0.1) is 12.2 Å². The third-order valence-electron chi connectivity index (χ3n) is 5.09. The Morgan fingerprint density at radius 1 is 1.21 bits per heavy atom. The van der Waals surface area contributed by atoms with Crippen molar-refractivity contribution in [2.75, 3.05) is 19.7 Å². The molecule has 0 radical (unpaired) electrons. The van der Waals surface area contributed by atoms with Crippen molar-refractivity contribution in [2.45, 2.75) is 38.1 Å². The SMILES string of the molecule is NC1CCCN(Cc2cn(CC(O)COc3cccc4ccccc34)nn2)C1. The topological polar surface area (TPSA) is 89.4 Å². The van der Waals surface area contributed by atoms with Crippen LogP contribution < -0.4 is 10.5 Å². The highest BCUT2D eigenvalue weighted by Gasteiger charge is 2.18. The molecule has 0 spiro atoms. The summed E-state index contributed by atoms with van der Waals surface area (Å²) in [6.45, 7) is 3.23. The molecule has 0 bridgehead atoms. The van der Waals surface area contributed by atoms with Gasteiger partial charge in [-0.15, -0.1) is 5.10 Å². The molecule has 0 amide bonds. The van der Waals surface area contributed by atoms with Crippen LogP contribution in [0, 0.1) is 0 Å². The van der Waals surface area contributed by atoms with Gasteiger partial charge < -0.3 is 15.6 Å². The lowest BCUT2D eigenvalue weighted by atomic mass is 10.1. The highest BCUT2D eigenvalue weighted by molar-refractivity contribution is 5.88. The van der Waals surface area contributed by atoms with Crippen molar-refractivity contribution < 1.29 is 9.84 Å². The van der Waals surface area contributed by atoms with Gasteiger partial charge in [0.1, 0.15) is 18.5 Å². The molecule has 1 aromatic heterocycles. The summed E-state index contributed by atoms with van der Waals surface area (Å²) in [7, 11) is 0. The van der Waals surface area contributed by atoms with Gasteiger partial charge in [0.15, 0.2) is 0 Å². The number of nitrogens with two attached hydrogens (primary N) is 1. The van der Waals surface area contributed by atoms with E-state index in [-0.39, 0.29) is 12.6 Å². The number of fused-ring (bicyclic) bond motifs is 1. The summed E-state index contributed by atoms with van der Waals surface area (Å²) in [5, 5.41) is 20.9. The van der Waals surface area contributed by atoms with Crippen LogP contribution in [0.2, 0.25) is 0 Å². The van der Waals surface area contributed by atoms with Gasteiger partial charge in [0.25, 0.3) is 0 Å². The first-order chi connectivity index (χ1) is 13.7. The maximum absolute atomic E-state index is 10.4. The minimum absolute atomic E-state index is 0.199. The zero-order valence-corrected chi connectivity index (χ0v) is 15.9. The number of rotatable bonds is 7. The van der Waals surface area contributed by atoms with E-state index in [9.17, 15) is 5.11 Å². The lowest BCUT2D eigenvalue weighted by Crippen LogP contribution is -2.42. The largest absolute Gasteiger partial charge is 0.490 e. The van der Waals surface area contributed by atoms with Crippen molar-refractivity contribution in [3.63, 3.8) is 0 Å². The van der Waals surface area contributed by atoms with E-state index in [0.717, 1.165) is 54.7 Å². The Morgan fingerprint density at radius 3 is 2.96 bits per heavy atom. The molecule has 1 fully saturated rings. The lowest BCUT2D eigenvalue weighted by molar-refractivity contribution is 0.0895. The molecule has 1 aliphatic rings. The number of ether oxygens (including phenoxy) is 1. The molecule has 1 aliphatic heterocycles. The van der Waals surface area contributed by atoms with Crippen molar-refractivity contribution >= 4 is 10.8 Å². The maximum atomic E-state index is 10.4. The zero-order chi connectivity index (χ0) is 19.3. The van der Waals surface area contributed by atoms with Crippen LogP contribution in [0.4, 0.5) is 0 Å². The first kappa shape index (κ1) is 18.9. The predicted molar refractivity (Wildman–Crippen MR) is 108 cm³/mol. The minimum atomic E-state index is -0.670. The van der Waals surface area contributed by atoms with Gasteiger partial charge in [-0.25, -0.2) is 4.68 Å². The van der Waals surface area contributed by atoms with E-state index in [4.69, 9.17) is 10.5 Å². The average molecular weight is 381 g/mol. The monoisotopic (exact) mass is 381 g/mol. The van der Waals surface area contributed by atoms with E-state index in [0.29, 0.717) is 6.54 Å². The third-order valence-corrected chi connectivity index (χ3v) is 5.09. The molecule has 2 atom stereocenters. The lowest BCUT2D eigenvalue weighted by Gasteiger charge is -2.29. The van der Waals surface area contributed by atoms with Crippen LogP contribution in [0.5, 0.6) is 5.75 Å². The molecule has 0 aliphatic carbocycles. The van der Waals surface area contributed by atoms with Gasteiger partial charge in [-0.2, -0.15) is 0 Å². The summed E-state index contributed by atoms with van der Waals surface area (Å²) in [6, 6.07) is 14.2. The predicted octanol–water partition coefficient (Wildman–Crippen LogP) is 1.79. The summed E-state index contributed by atoms with van der Waals surface area (Å²) >= 11 is 0. The molecule has 3 aromatic rings. The second-order valence-corrected chi connectivity index (χ2v) is 7.51. The van der Waals surface area contributed by atoms with Crippen LogP contribution in [0.1, 0.15) is 18.5 Å². The Balaban J connectivity index is 1.30. The molecule has 148 valence electrons. The first-order valence-electron chi connectivity index (χ1n) is 9.83. The molecular formula is C21H27N5O2. The summed E-state index contributed by atoms with van der Waals surface area (Å²) in [6.07, 6.45) is 3.43. The Morgan fingerprint density at radius 2 is 2.07 bits per heavy atom. The van der Waals surface area contributed by atoms with Crippen LogP contribution in [0.25, 0.3) is 10.8 Å². The molecule has 28 heavy (non-hydrogen) atoms. The molecule has 2 unspecified atom stereocenters. The van der Waals surface area contributed by atoms with Crippen LogP contribution in [-0.2, 0) is 13.1 Å². The highest BCUT2D eigenvalue weighted by Crippen LogP contribution is 2.25. The van der Waals surface area contributed by atoms with Crippen molar-refractivity contribution in [2.24, 2.45) is 5.73 Å². The van der Waals surface area contributed by atoms with Crippen molar-refractivity contribution in [1.82, 2.24) is 19.9 Å². The van der Waals surface area contributed by atoms with Crippen molar-refractivity contribution in [3.8, 4) is 5.75 Å². The minimum Gasteiger partial charge on any atom is -0.490 e. The second kappa shape index (κ2) is 8.68. The second-order valence-electron chi connectivity index (χ2n) is 7.51. The highest BCUT2D eigenvalue weighted by atomic mass is 16.5. The number of aliphatic hydroxyl groups excluding tert-OH is 1. The summed E-state index contributed by atoms with van der Waals surface area (Å²) in [5.41, 5.74) is 6.94. The van der Waals surface area contributed by atoms with E-state index in [2.05, 4.69) is 15.2 Å². The summed E-state index contributed by atoms with van der Waals surface area (Å²) in [5.74, 6) is 0.776. The molecule has 4 rings (SSSR count). The summed E-state index contributed by atoms with van der Waals surface area (Å²) in [4.78, 5) is 2.31. The fourth-order valence-electron chi connectivity index (χ4n) is 3.74. The molecule has 3 N–H and O–H groups in total. The Labute approximate surface area is 164 Å². The molecule has 2 aromatic carbocycles. The van der Waals surface area contributed by atoms with Crippen LogP contribution >= 0.6 is 0 Å². The van der Waals surface area contributed by atoms with Crippen molar-refractivity contribution in [1.29, 1.82) is 0 Å². The summed E-state index contributed by atoms with van der Waals surface area (Å²) < 4.78 is 7.54. The smallest absolute Gasteiger partial charge is 0.127 e. The van der Waals surface area contributed by atoms with Crippen LogP contribution in [-0.4, -0.2) is 56.8 Å². The molecule has 2 heterocycles. The molecule has 0 saturated carbocycles. The van der Waals surface area contributed by atoms with Gasteiger partial charge in [0, 0.05) is 30.7 Å². The molecule has 7 heteroatoms. The van der Waals surface area contributed by atoms with E-state index in [1.165, 1.54) is 0 Å². The van der Waals surface area contributed by atoms with Gasteiger partial charge >= 0.3 is 0 Å². The number of aromatic nitrogens is 3. The van der Waals surface area contributed by atoms with E-state index in [1.54, 1.807) is 4.68 Å². The van der Waals surface area contributed by atoms with E-state index >= 15 is 0 Å². The fourth-order valence-corrected chi connectivity index (χ4v) is 3.74. The number of piperidine rings is 1. The standard InChI is InChI=1S/C21H27N5O2/c22-17-7-4-10-25(11-17)12-18-13-26(24-23-18)14-19(27)15-28-21-9-3-6-16-5-1-2-8-20(16)21/h1-3,5-6,8-9,13,17,19,27H,4,7,10-12,14-15,22H2. The fraction of sp³-hybridized carbons (Fsp3) is 0.429. The van der Waals surface area contributed by atoms with Gasteiger partial charge in [-0.1, -0.05) is 41.6 Å². The third kappa shape index (κ3) is 4.67. The van der Waals surface area contributed by atoms with Crippen molar-refractivity contribution in [3.05, 3.63) is 54.4 Å². The number of hydrogen-bond donors (Lipinski definition) is 2. The Hall–Kier alpha value is -2.48. The Kier molecular flexibility index (Phi) is 5.85. The number of aliphatic hydroxyl groups is 1. The maximum Gasteiger partial charge on any atom is 0.127 e. The number of benzene rings is 2. The first-order valence-corrected chi connectivity index (χ1v) is 9.83. The molecule has 1 saturated heterocycles. The Bertz CT molecular complexity index is 907. The number of likely N-dealkylation sites (tertiary alicyclic amines) is 1. The van der Waals surface area contributed by atoms with Crippen LogP contribution in [0.3, 0.4) is 0 Å². The molecular weight excluding hydrogens is 354 g/mol. The quantitative estimate of drug-likeness (QED) is 0.649. The van der Waals surface area contributed by atoms with E-state index < -0.39 is 6.10 Å². The molecule has 7 nitrogen and oxygen atoms in total. The number of nitrogens with zero attached hydrogens (tertiary/aromatic N) is 4. The van der Waals surface area contributed by atoms with Gasteiger partial charge in [-0.05, 0) is 30.8 Å². The van der Waals surface area contributed by atoms with Crippen LogP contribution in [0.15, 0.2) is 48.7 Å². The normalized spacial score (nSPS) is 19.0. The number of hydrogen-bond acceptors (Lipinski definition) is 6. The zero-order valence-electron chi connectivity index (χ0n) is 15.9. The average Bonchev–Trinajstić information content (AvgIpc) is 3.13. The van der Waals surface area contributed by atoms with Gasteiger partial charge in [-0.3, -0.25) is 4.90 Å². The van der Waals surface area contributed by atoms with E-state index in [1.807, 2.05) is 48.7 Å².